The van der Waals surface area contributed by atoms with Gasteiger partial charge in [0, 0.05) is 16.7 Å². The summed E-state index contributed by atoms with van der Waals surface area (Å²) < 4.78 is 0. The molecule has 1 amide bonds. The Morgan fingerprint density at radius 2 is 2.00 bits per heavy atom. The lowest BCUT2D eigenvalue weighted by Gasteiger charge is -2.14. The maximum atomic E-state index is 11.6. The lowest BCUT2D eigenvalue weighted by atomic mass is 10.1. The second-order valence-electron chi connectivity index (χ2n) is 3.69. The van der Waals surface area contributed by atoms with Crippen molar-refractivity contribution in [2.45, 2.75) is 13.0 Å². The third-order valence-electron chi connectivity index (χ3n) is 2.30. The molecule has 0 aliphatic rings. The van der Waals surface area contributed by atoms with Crippen LogP contribution in [0.15, 0.2) is 48.6 Å². The number of carbonyl (C=O) groups is 2. The zero-order valence-electron chi connectivity index (χ0n) is 10.3. The van der Waals surface area contributed by atoms with Crippen molar-refractivity contribution in [1.29, 1.82) is 0 Å². The highest BCUT2D eigenvalue weighted by molar-refractivity contribution is 6.31. The second-order valence-corrected chi connectivity index (χ2v) is 4.09. The maximum absolute atomic E-state index is 11.6. The lowest BCUT2D eigenvalue weighted by Crippen LogP contribution is -2.32. The van der Waals surface area contributed by atoms with Crippen molar-refractivity contribution in [3.8, 4) is 0 Å². The smallest absolute Gasteiger partial charge is 0.330 e. The summed E-state index contributed by atoms with van der Waals surface area (Å²) in [6, 6.07) is 5.33. The van der Waals surface area contributed by atoms with E-state index in [0.717, 1.165) is 0 Å². The number of nitrogens with one attached hydrogen (secondary N) is 1. The van der Waals surface area contributed by atoms with E-state index < -0.39 is 17.9 Å². The largest absolute Gasteiger partial charge is 0.479 e. The van der Waals surface area contributed by atoms with Gasteiger partial charge in [-0.2, -0.15) is 0 Å². The molecule has 1 rings (SSSR count). The van der Waals surface area contributed by atoms with E-state index >= 15 is 0 Å². The first-order valence-electron chi connectivity index (χ1n) is 5.63. The van der Waals surface area contributed by atoms with E-state index in [9.17, 15) is 9.59 Å². The van der Waals surface area contributed by atoms with Crippen LogP contribution in [0.4, 0.5) is 0 Å². The fraction of sp³-hybridized carbons (Fsp3) is 0.143. The standard InChI is InChI=1S/C14H14ClNO3/c1-2-3-4-9-12(17)16-13(14(18)19)10-7-5-6-8-11(10)15/h2-9,13H,1H3,(H,16,17)(H,18,19)/t13-/m1/s1. The van der Waals surface area contributed by atoms with Crippen molar-refractivity contribution < 1.29 is 14.7 Å². The Labute approximate surface area is 116 Å². The molecule has 0 heterocycles. The van der Waals surface area contributed by atoms with Crippen molar-refractivity contribution in [2.24, 2.45) is 0 Å². The highest BCUT2D eigenvalue weighted by Gasteiger charge is 2.23. The number of allylic oxidation sites excluding steroid dienone is 3. The van der Waals surface area contributed by atoms with Crippen LogP contribution in [0.1, 0.15) is 18.5 Å². The molecule has 2 N–H and O–H groups in total. The van der Waals surface area contributed by atoms with Gasteiger partial charge in [-0.3, -0.25) is 4.79 Å². The van der Waals surface area contributed by atoms with Gasteiger partial charge in [-0.1, -0.05) is 48.0 Å². The van der Waals surface area contributed by atoms with Gasteiger partial charge in [-0.15, -0.1) is 0 Å². The van der Waals surface area contributed by atoms with Crippen LogP contribution in [0.2, 0.25) is 5.02 Å². The van der Waals surface area contributed by atoms with Gasteiger partial charge in [0.15, 0.2) is 6.04 Å². The Morgan fingerprint density at radius 1 is 1.32 bits per heavy atom. The molecule has 0 saturated heterocycles. The van der Waals surface area contributed by atoms with Crippen molar-refractivity contribution >= 4 is 23.5 Å². The number of halogens is 1. The third kappa shape index (κ3) is 4.60. The summed E-state index contributed by atoms with van der Waals surface area (Å²) in [5.74, 6) is -1.66. The Bertz CT molecular complexity index is 523. The van der Waals surface area contributed by atoms with E-state index in [1.54, 1.807) is 36.4 Å². The highest BCUT2D eigenvalue weighted by Crippen LogP contribution is 2.22. The van der Waals surface area contributed by atoms with Crippen molar-refractivity contribution in [3.05, 3.63) is 59.2 Å². The van der Waals surface area contributed by atoms with Crippen LogP contribution in [0.5, 0.6) is 0 Å². The molecule has 0 aliphatic carbocycles. The minimum absolute atomic E-state index is 0.299. The van der Waals surface area contributed by atoms with Gasteiger partial charge in [0.1, 0.15) is 0 Å². The van der Waals surface area contributed by atoms with E-state index in [0.29, 0.717) is 10.6 Å². The molecular weight excluding hydrogens is 266 g/mol. The van der Waals surface area contributed by atoms with Crippen molar-refractivity contribution in [3.63, 3.8) is 0 Å². The topological polar surface area (TPSA) is 66.4 Å². The molecule has 0 bridgehead atoms. The molecule has 1 aromatic carbocycles. The van der Waals surface area contributed by atoms with Crippen LogP contribution in [0.3, 0.4) is 0 Å². The van der Waals surface area contributed by atoms with Crippen LogP contribution >= 0.6 is 11.6 Å². The minimum atomic E-state index is -1.17. The molecule has 5 heteroatoms. The molecule has 0 aliphatic heterocycles. The highest BCUT2D eigenvalue weighted by atomic mass is 35.5. The first-order valence-corrected chi connectivity index (χ1v) is 6.01. The van der Waals surface area contributed by atoms with Gasteiger partial charge in [-0.25, -0.2) is 4.79 Å². The number of aliphatic carboxylic acids is 1. The Kier molecular flexibility index (Phi) is 5.82. The molecule has 19 heavy (non-hydrogen) atoms. The molecule has 1 aromatic rings. The average molecular weight is 280 g/mol. The minimum Gasteiger partial charge on any atom is -0.479 e. The summed E-state index contributed by atoms with van der Waals surface area (Å²) in [7, 11) is 0. The summed E-state index contributed by atoms with van der Waals surface area (Å²) in [6.45, 7) is 1.81. The molecule has 0 saturated carbocycles. The van der Waals surface area contributed by atoms with Gasteiger partial charge in [-0.05, 0) is 13.0 Å². The summed E-state index contributed by atoms with van der Waals surface area (Å²) in [5, 5.41) is 11.8. The number of hydrogen-bond acceptors (Lipinski definition) is 2. The maximum Gasteiger partial charge on any atom is 0.330 e. The molecule has 0 fully saturated rings. The SMILES string of the molecule is CC=CC=CC(=O)N[C@@H](C(=O)O)c1ccccc1Cl. The number of carboxylic acids is 1. The Morgan fingerprint density at radius 3 is 2.58 bits per heavy atom. The molecule has 0 spiro atoms. The van der Waals surface area contributed by atoms with E-state index in [1.165, 1.54) is 12.2 Å². The number of rotatable bonds is 5. The normalized spacial score (nSPS) is 12.7. The predicted molar refractivity (Wildman–Crippen MR) is 73.9 cm³/mol. The van der Waals surface area contributed by atoms with Crippen LogP contribution in [-0.4, -0.2) is 17.0 Å². The van der Waals surface area contributed by atoms with Crippen LogP contribution < -0.4 is 5.32 Å². The first kappa shape index (κ1) is 15.0. The lowest BCUT2D eigenvalue weighted by molar-refractivity contribution is -0.141. The average Bonchev–Trinajstić information content (AvgIpc) is 2.37. The zero-order valence-corrected chi connectivity index (χ0v) is 11.1. The van der Waals surface area contributed by atoms with Gasteiger partial charge >= 0.3 is 5.97 Å². The van der Waals surface area contributed by atoms with Crippen molar-refractivity contribution in [2.75, 3.05) is 0 Å². The number of benzene rings is 1. The van der Waals surface area contributed by atoms with E-state index in [-0.39, 0.29) is 0 Å². The fourth-order valence-electron chi connectivity index (χ4n) is 1.43. The molecule has 0 radical (unpaired) electrons. The van der Waals surface area contributed by atoms with Gasteiger partial charge in [0.25, 0.3) is 0 Å². The number of carbonyl (C=O) groups excluding carboxylic acids is 1. The quantitative estimate of drug-likeness (QED) is 0.643. The Hall–Kier alpha value is -2.07. The fourth-order valence-corrected chi connectivity index (χ4v) is 1.67. The summed E-state index contributed by atoms with van der Waals surface area (Å²) in [5.41, 5.74) is 0.351. The van der Waals surface area contributed by atoms with E-state index in [1.807, 2.05) is 6.92 Å². The second kappa shape index (κ2) is 7.38. The van der Waals surface area contributed by atoms with E-state index in [4.69, 9.17) is 16.7 Å². The third-order valence-corrected chi connectivity index (χ3v) is 2.65. The summed E-state index contributed by atoms with van der Waals surface area (Å²) >= 11 is 5.93. The summed E-state index contributed by atoms with van der Waals surface area (Å²) in [6.07, 6.45) is 6.21. The molecule has 100 valence electrons. The number of hydrogen-bond donors (Lipinski definition) is 2. The van der Waals surface area contributed by atoms with Crippen LogP contribution in [-0.2, 0) is 9.59 Å². The number of carboxylic acid groups (broad SMARTS) is 1. The molecular formula is C14H14ClNO3. The summed E-state index contributed by atoms with van der Waals surface area (Å²) in [4.78, 5) is 22.8. The monoisotopic (exact) mass is 279 g/mol. The van der Waals surface area contributed by atoms with Crippen LogP contribution in [0, 0.1) is 0 Å². The van der Waals surface area contributed by atoms with Gasteiger partial charge in [0.05, 0.1) is 0 Å². The molecule has 0 unspecified atom stereocenters. The van der Waals surface area contributed by atoms with Gasteiger partial charge in [0.2, 0.25) is 5.91 Å². The molecule has 0 aromatic heterocycles. The van der Waals surface area contributed by atoms with Gasteiger partial charge < -0.3 is 10.4 Å². The van der Waals surface area contributed by atoms with E-state index in [2.05, 4.69) is 5.32 Å². The first-order chi connectivity index (χ1) is 9.06. The Balaban J connectivity index is 2.89. The predicted octanol–water partition coefficient (Wildman–Crippen LogP) is 2.71. The van der Waals surface area contributed by atoms with Crippen LogP contribution in [0.25, 0.3) is 0 Å². The molecule has 1 atom stereocenters. The molecule has 4 nitrogen and oxygen atoms in total. The number of amides is 1. The zero-order chi connectivity index (χ0) is 14.3. The van der Waals surface area contributed by atoms with Crippen molar-refractivity contribution in [1.82, 2.24) is 5.32 Å².